The van der Waals surface area contributed by atoms with Crippen molar-refractivity contribution in [3.8, 4) is 5.75 Å². The molecule has 0 heterocycles. The van der Waals surface area contributed by atoms with Crippen molar-refractivity contribution in [3.05, 3.63) is 97.4 Å². The maximum absolute atomic E-state index is 12.2. The van der Waals surface area contributed by atoms with Gasteiger partial charge in [0, 0.05) is 10.6 Å². The molecule has 0 aromatic heterocycles. The lowest BCUT2D eigenvalue weighted by Crippen LogP contribution is -2.34. The summed E-state index contributed by atoms with van der Waals surface area (Å²) in [7, 11) is 0. The van der Waals surface area contributed by atoms with Gasteiger partial charge < -0.3 is 10.1 Å². The molecule has 7 nitrogen and oxygen atoms in total. The van der Waals surface area contributed by atoms with Crippen LogP contribution in [0, 0.1) is 0 Å². The highest BCUT2D eigenvalue weighted by Crippen LogP contribution is 2.23. The number of amides is 2. The van der Waals surface area contributed by atoms with Crippen LogP contribution in [0.1, 0.15) is 26.3 Å². The van der Waals surface area contributed by atoms with E-state index in [1.165, 1.54) is 42.6 Å². The number of halogens is 4. The minimum absolute atomic E-state index is 0.185. The average molecular weight is 539 g/mol. The molecule has 0 aliphatic heterocycles. The van der Waals surface area contributed by atoms with Crippen molar-refractivity contribution in [2.75, 3.05) is 6.54 Å². The van der Waals surface area contributed by atoms with Crippen LogP contribution in [0.5, 0.6) is 5.75 Å². The van der Waals surface area contributed by atoms with Crippen LogP contribution in [0.3, 0.4) is 0 Å². The molecular weight excluding hydrogens is 524 g/mol. The molecule has 0 saturated heterocycles. The molecule has 2 N–H and O–H groups in total. The molecule has 0 aliphatic rings. The smallest absolute Gasteiger partial charge is 0.345 e. The zero-order valence-corrected chi connectivity index (χ0v) is 20.2. The monoisotopic (exact) mass is 537 g/mol. The summed E-state index contributed by atoms with van der Waals surface area (Å²) in [4.78, 5) is 36.2. The predicted octanol–water partition coefficient (Wildman–Crippen LogP) is 5.40. The highest BCUT2D eigenvalue weighted by atomic mass is 35.5. The molecule has 34 heavy (non-hydrogen) atoms. The van der Waals surface area contributed by atoms with E-state index < -0.39 is 17.8 Å². The highest BCUT2D eigenvalue weighted by molar-refractivity contribution is 6.42. The van der Waals surface area contributed by atoms with Gasteiger partial charge >= 0.3 is 5.97 Å². The fourth-order valence-corrected chi connectivity index (χ4v) is 3.34. The number of hydrogen-bond donors (Lipinski definition) is 2. The number of ether oxygens (including phenoxy) is 1. The predicted molar refractivity (Wildman–Crippen MR) is 132 cm³/mol. The van der Waals surface area contributed by atoms with Crippen LogP contribution in [0.15, 0.2) is 65.8 Å². The summed E-state index contributed by atoms with van der Waals surface area (Å²) >= 11 is 23.5. The number of benzene rings is 3. The first-order chi connectivity index (χ1) is 16.2. The molecule has 3 aromatic carbocycles. The molecule has 0 bridgehead atoms. The molecule has 3 rings (SSSR count). The Labute approximate surface area is 214 Å². The first-order valence-corrected chi connectivity index (χ1v) is 11.1. The van der Waals surface area contributed by atoms with E-state index in [9.17, 15) is 14.4 Å². The summed E-state index contributed by atoms with van der Waals surface area (Å²) in [6.45, 7) is -0.293. The maximum atomic E-state index is 12.2. The van der Waals surface area contributed by atoms with Crippen molar-refractivity contribution < 1.29 is 19.1 Å². The number of hydrazone groups is 1. The number of esters is 1. The van der Waals surface area contributed by atoms with Crippen molar-refractivity contribution in [2.24, 2.45) is 5.10 Å². The molecule has 2 amide bonds. The summed E-state index contributed by atoms with van der Waals surface area (Å²) in [5.41, 5.74) is 3.38. The van der Waals surface area contributed by atoms with Crippen LogP contribution in [0.2, 0.25) is 20.1 Å². The molecule has 0 atom stereocenters. The zero-order valence-electron chi connectivity index (χ0n) is 17.2. The van der Waals surface area contributed by atoms with Gasteiger partial charge in [-0.1, -0.05) is 46.4 Å². The molecule has 11 heteroatoms. The molecule has 0 spiro atoms. The standard InChI is InChI=1S/C23H15Cl4N3O4/c24-15-4-7-17(19(26)10-15)23(33)34-16-5-1-13(2-6-16)11-29-30-21(31)12-28-22(32)14-3-8-18(25)20(27)9-14/h1-11H,12H2,(H,28,32)(H,30,31)/b29-11-. The fraction of sp³-hybridized carbons (Fsp3) is 0.0435. The van der Waals surface area contributed by atoms with Gasteiger partial charge in [0.1, 0.15) is 5.75 Å². The summed E-state index contributed by atoms with van der Waals surface area (Å²) in [6.07, 6.45) is 1.39. The van der Waals surface area contributed by atoms with Gasteiger partial charge in [-0.25, -0.2) is 10.2 Å². The Bertz CT molecular complexity index is 1260. The number of rotatable bonds is 7. The minimum atomic E-state index is -0.627. The Morgan fingerprint density at radius 3 is 2.26 bits per heavy atom. The molecule has 0 unspecified atom stereocenters. The molecule has 0 fully saturated rings. The third kappa shape index (κ3) is 7.20. The van der Waals surface area contributed by atoms with Gasteiger partial charge in [0.2, 0.25) is 0 Å². The van der Waals surface area contributed by atoms with Gasteiger partial charge in [-0.15, -0.1) is 0 Å². The molecule has 174 valence electrons. The second kappa shape index (κ2) is 11.9. The van der Waals surface area contributed by atoms with Crippen molar-refractivity contribution in [1.82, 2.24) is 10.7 Å². The Balaban J connectivity index is 1.47. The number of carbonyl (C=O) groups is 3. The van der Waals surface area contributed by atoms with Crippen molar-refractivity contribution in [1.29, 1.82) is 0 Å². The molecular formula is C23H15Cl4N3O4. The SMILES string of the molecule is O=C(CNC(=O)c1ccc(Cl)c(Cl)c1)N/N=C\c1ccc(OC(=O)c2ccc(Cl)cc2Cl)cc1. The maximum Gasteiger partial charge on any atom is 0.345 e. The molecule has 3 aromatic rings. The van der Waals surface area contributed by atoms with Crippen LogP contribution >= 0.6 is 46.4 Å². The zero-order chi connectivity index (χ0) is 24.7. The van der Waals surface area contributed by atoms with E-state index >= 15 is 0 Å². The first kappa shape index (κ1) is 25.5. The minimum Gasteiger partial charge on any atom is -0.423 e. The first-order valence-electron chi connectivity index (χ1n) is 9.55. The van der Waals surface area contributed by atoms with Crippen molar-refractivity contribution in [3.63, 3.8) is 0 Å². The number of nitrogens with zero attached hydrogens (tertiary/aromatic N) is 1. The van der Waals surface area contributed by atoms with E-state index in [2.05, 4.69) is 15.8 Å². The second-order valence-electron chi connectivity index (χ2n) is 6.69. The quantitative estimate of drug-likeness (QED) is 0.182. The van der Waals surface area contributed by atoms with Crippen molar-refractivity contribution >= 4 is 70.4 Å². The lowest BCUT2D eigenvalue weighted by Gasteiger charge is -2.06. The van der Waals surface area contributed by atoms with Crippen LogP contribution in [0.4, 0.5) is 0 Å². The summed E-state index contributed by atoms with van der Waals surface area (Å²) < 4.78 is 5.29. The van der Waals surface area contributed by atoms with Gasteiger partial charge in [0.25, 0.3) is 11.8 Å². The van der Waals surface area contributed by atoms with E-state index in [0.29, 0.717) is 21.4 Å². The molecule has 0 aliphatic carbocycles. The lowest BCUT2D eigenvalue weighted by atomic mass is 10.2. The van der Waals surface area contributed by atoms with Crippen LogP contribution in [-0.4, -0.2) is 30.5 Å². The molecule has 0 radical (unpaired) electrons. The highest BCUT2D eigenvalue weighted by Gasteiger charge is 2.13. The van der Waals surface area contributed by atoms with Gasteiger partial charge in [0.15, 0.2) is 0 Å². The Morgan fingerprint density at radius 1 is 0.853 bits per heavy atom. The normalized spacial score (nSPS) is 10.7. The van der Waals surface area contributed by atoms with Gasteiger partial charge in [-0.3, -0.25) is 9.59 Å². The Hall–Kier alpha value is -3.10. The fourth-order valence-electron chi connectivity index (χ4n) is 2.56. The third-order valence-corrected chi connectivity index (χ3v) is 5.52. The van der Waals surface area contributed by atoms with Gasteiger partial charge in [-0.05, 0) is 66.2 Å². The van der Waals surface area contributed by atoms with Crippen LogP contribution < -0.4 is 15.5 Å². The van der Waals surface area contributed by atoms with Crippen LogP contribution in [-0.2, 0) is 4.79 Å². The summed E-state index contributed by atoms with van der Waals surface area (Å²) in [6, 6.07) is 15.2. The second-order valence-corrected chi connectivity index (χ2v) is 8.35. The number of carbonyl (C=O) groups excluding carboxylic acids is 3. The van der Waals surface area contributed by atoms with E-state index in [1.807, 2.05) is 0 Å². The Kier molecular flexibility index (Phi) is 8.90. The number of nitrogens with one attached hydrogen (secondary N) is 2. The van der Waals surface area contributed by atoms with Gasteiger partial charge in [0.05, 0.1) is 33.4 Å². The average Bonchev–Trinajstić information content (AvgIpc) is 2.80. The topological polar surface area (TPSA) is 96.9 Å². The van der Waals surface area contributed by atoms with Crippen LogP contribution in [0.25, 0.3) is 0 Å². The third-order valence-electron chi connectivity index (χ3n) is 4.24. The van der Waals surface area contributed by atoms with E-state index in [1.54, 1.807) is 24.3 Å². The summed E-state index contributed by atoms with van der Waals surface area (Å²) in [5.74, 6) is -1.35. The van der Waals surface area contributed by atoms with E-state index in [4.69, 9.17) is 51.1 Å². The largest absolute Gasteiger partial charge is 0.423 e. The number of hydrogen-bond acceptors (Lipinski definition) is 5. The van der Waals surface area contributed by atoms with Gasteiger partial charge in [-0.2, -0.15) is 5.10 Å². The lowest BCUT2D eigenvalue weighted by molar-refractivity contribution is -0.120. The Morgan fingerprint density at radius 2 is 1.59 bits per heavy atom. The van der Waals surface area contributed by atoms with Crippen molar-refractivity contribution in [2.45, 2.75) is 0 Å². The van der Waals surface area contributed by atoms with E-state index in [0.717, 1.165) is 0 Å². The van der Waals surface area contributed by atoms with E-state index in [-0.39, 0.29) is 27.7 Å². The summed E-state index contributed by atoms with van der Waals surface area (Å²) in [5, 5.41) is 7.42. The molecule has 0 saturated carbocycles.